The van der Waals surface area contributed by atoms with Gasteiger partial charge >= 0.3 is 6.09 Å². The van der Waals surface area contributed by atoms with E-state index in [0.29, 0.717) is 23.4 Å². The van der Waals surface area contributed by atoms with Crippen LogP contribution in [0.25, 0.3) is 0 Å². The fourth-order valence-electron chi connectivity index (χ4n) is 3.24. The number of carbonyl (C=O) groups is 3. The minimum absolute atomic E-state index is 0.116. The van der Waals surface area contributed by atoms with Crippen LogP contribution in [0.15, 0.2) is 18.2 Å². The molecule has 130 valence electrons. The highest BCUT2D eigenvalue weighted by Crippen LogP contribution is 2.41. The molecule has 1 heterocycles. The molecule has 0 fully saturated rings. The van der Waals surface area contributed by atoms with Crippen molar-refractivity contribution in [2.24, 2.45) is 5.92 Å². The zero-order chi connectivity index (χ0) is 18.0. The third-order valence-electron chi connectivity index (χ3n) is 4.53. The van der Waals surface area contributed by atoms with Crippen LogP contribution in [-0.4, -0.2) is 35.6 Å². The summed E-state index contributed by atoms with van der Waals surface area (Å²) in [5.74, 6) is -0.479. The molecule has 1 aromatic rings. The predicted molar refractivity (Wildman–Crippen MR) is 90.1 cm³/mol. The van der Waals surface area contributed by atoms with E-state index in [1.807, 2.05) is 20.8 Å². The zero-order valence-electron chi connectivity index (χ0n) is 14.3. The lowest BCUT2D eigenvalue weighted by Gasteiger charge is -2.43. The summed E-state index contributed by atoms with van der Waals surface area (Å²) in [7, 11) is 0. The largest absolute Gasteiger partial charge is 0.465 e. The first-order valence-electron chi connectivity index (χ1n) is 7.99. The van der Waals surface area contributed by atoms with Crippen molar-refractivity contribution in [3.8, 4) is 0 Å². The van der Waals surface area contributed by atoms with E-state index < -0.39 is 12.1 Å². The van der Waals surface area contributed by atoms with Gasteiger partial charge in [-0.05, 0) is 37.6 Å². The second-order valence-electron chi connectivity index (χ2n) is 6.05. The third-order valence-corrected chi connectivity index (χ3v) is 4.53. The van der Waals surface area contributed by atoms with Gasteiger partial charge in [0.05, 0.1) is 6.04 Å². The van der Waals surface area contributed by atoms with Gasteiger partial charge in [-0.1, -0.05) is 6.92 Å². The van der Waals surface area contributed by atoms with Crippen LogP contribution in [0.2, 0.25) is 0 Å². The number of benzene rings is 1. The number of hydrogen-bond acceptors (Lipinski definition) is 3. The number of amides is 3. The quantitative estimate of drug-likeness (QED) is 0.789. The average Bonchev–Trinajstić information content (AvgIpc) is 2.51. The topological polar surface area (TPSA) is 98.7 Å². The van der Waals surface area contributed by atoms with Gasteiger partial charge in [-0.25, -0.2) is 4.79 Å². The first-order chi connectivity index (χ1) is 11.3. The van der Waals surface area contributed by atoms with Gasteiger partial charge in [0.15, 0.2) is 0 Å². The average molecular weight is 333 g/mol. The molecule has 3 atom stereocenters. The highest BCUT2D eigenvalue weighted by molar-refractivity contribution is 5.97. The molecule has 3 N–H and O–H groups in total. The first-order valence-corrected chi connectivity index (χ1v) is 7.99. The van der Waals surface area contributed by atoms with Crippen molar-refractivity contribution in [1.82, 2.24) is 10.6 Å². The van der Waals surface area contributed by atoms with Crippen LogP contribution in [0.4, 0.5) is 10.5 Å². The smallest absolute Gasteiger partial charge is 0.405 e. The summed E-state index contributed by atoms with van der Waals surface area (Å²) >= 11 is 0. The van der Waals surface area contributed by atoms with Crippen LogP contribution in [0.1, 0.15) is 49.7 Å². The number of nitrogens with one attached hydrogen (secondary N) is 2. The number of fused-ring (bicyclic) bond motifs is 1. The Morgan fingerprint density at radius 1 is 1.25 bits per heavy atom. The fourth-order valence-corrected chi connectivity index (χ4v) is 3.24. The molecule has 0 radical (unpaired) electrons. The molecule has 7 heteroatoms. The molecule has 7 nitrogen and oxygen atoms in total. The summed E-state index contributed by atoms with van der Waals surface area (Å²) in [5, 5.41) is 14.4. The monoisotopic (exact) mass is 333 g/mol. The molecule has 0 spiro atoms. The molecule has 0 aliphatic carbocycles. The zero-order valence-corrected chi connectivity index (χ0v) is 14.3. The minimum atomic E-state index is -1.13. The van der Waals surface area contributed by atoms with Crippen molar-refractivity contribution in [3.05, 3.63) is 29.3 Å². The van der Waals surface area contributed by atoms with E-state index in [2.05, 4.69) is 10.6 Å². The van der Waals surface area contributed by atoms with Gasteiger partial charge in [0.25, 0.3) is 5.91 Å². The molecule has 3 amide bonds. The predicted octanol–water partition coefficient (Wildman–Crippen LogP) is 2.14. The first kappa shape index (κ1) is 17.8. The Bertz CT molecular complexity index is 674. The summed E-state index contributed by atoms with van der Waals surface area (Å²) in [6.45, 7) is 7.59. The number of anilines is 1. The van der Waals surface area contributed by atoms with Crippen LogP contribution in [0.3, 0.4) is 0 Å². The highest BCUT2D eigenvalue weighted by Gasteiger charge is 2.39. The Morgan fingerprint density at radius 2 is 1.92 bits per heavy atom. The molecular formula is C17H23N3O4. The Kier molecular flexibility index (Phi) is 5.11. The van der Waals surface area contributed by atoms with E-state index in [1.54, 1.807) is 23.1 Å². The van der Waals surface area contributed by atoms with E-state index >= 15 is 0 Å². The summed E-state index contributed by atoms with van der Waals surface area (Å²) in [4.78, 5) is 37.0. The normalized spacial score (nSPS) is 22.5. The van der Waals surface area contributed by atoms with Crippen molar-refractivity contribution < 1.29 is 19.5 Å². The fraction of sp³-hybridized carbons (Fsp3) is 0.471. The number of rotatable bonds is 3. The summed E-state index contributed by atoms with van der Waals surface area (Å²) in [6, 6.07) is 4.37. The molecule has 2 rings (SSSR count). The Balaban J connectivity index is 2.57. The van der Waals surface area contributed by atoms with Gasteiger partial charge in [0.1, 0.15) is 0 Å². The van der Waals surface area contributed by atoms with Crippen LogP contribution in [0, 0.1) is 5.92 Å². The molecule has 1 aromatic carbocycles. The van der Waals surface area contributed by atoms with Crippen molar-refractivity contribution >= 4 is 23.6 Å². The Morgan fingerprint density at radius 3 is 2.46 bits per heavy atom. The third kappa shape index (κ3) is 3.20. The summed E-state index contributed by atoms with van der Waals surface area (Å²) in [5.41, 5.74) is 1.72. The second kappa shape index (κ2) is 6.90. The number of hydrogen-bond donors (Lipinski definition) is 3. The van der Waals surface area contributed by atoms with E-state index in [0.717, 1.165) is 0 Å². The standard InChI is InChI=1S/C17H23N3O4/c1-5-18-16(22)12-6-7-14-13(8-12)15(19-17(23)24)9(2)10(3)20(14)11(4)21/h6-10,15,19H,5H2,1-4H3,(H,18,22)(H,23,24)/t9-,10-,15+/m0/s1. The van der Waals surface area contributed by atoms with E-state index in [4.69, 9.17) is 5.11 Å². The molecule has 1 aliphatic heterocycles. The number of nitrogens with zero attached hydrogens (tertiary/aromatic N) is 1. The molecule has 0 unspecified atom stereocenters. The number of carboxylic acid groups (broad SMARTS) is 1. The SMILES string of the molecule is CCNC(=O)c1ccc2c(c1)[C@H](NC(=O)O)[C@@H](C)[C@H](C)N2C(C)=O. The van der Waals surface area contributed by atoms with Gasteiger partial charge < -0.3 is 20.6 Å². The maximum atomic E-state index is 12.1. The molecular weight excluding hydrogens is 310 g/mol. The van der Waals surface area contributed by atoms with Gasteiger partial charge in [0.2, 0.25) is 5.91 Å². The van der Waals surface area contributed by atoms with Gasteiger partial charge in [-0.15, -0.1) is 0 Å². The Labute approximate surface area is 141 Å². The van der Waals surface area contributed by atoms with Crippen molar-refractivity contribution in [1.29, 1.82) is 0 Å². The summed E-state index contributed by atoms with van der Waals surface area (Å²) in [6.07, 6.45) is -1.13. The van der Waals surface area contributed by atoms with Crippen LogP contribution in [0.5, 0.6) is 0 Å². The maximum Gasteiger partial charge on any atom is 0.405 e. The van der Waals surface area contributed by atoms with Gasteiger partial charge in [0, 0.05) is 36.7 Å². The maximum absolute atomic E-state index is 12.1. The summed E-state index contributed by atoms with van der Waals surface area (Å²) < 4.78 is 0. The van der Waals surface area contributed by atoms with E-state index in [-0.39, 0.29) is 23.8 Å². The highest BCUT2D eigenvalue weighted by atomic mass is 16.4. The molecule has 0 aromatic heterocycles. The lowest BCUT2D eigenvalue weighted by atomic mass is 9.82. The second-order valence-corrected chi connectivity index (χ2v) is 6.05. The van der Waals surface area contributed by atoms with E-state index in [9.17, 15) is 14.4 Å². The van der Waals surface area contributed by atoms with Crippen LogP contribution < -0.4 is 15.5 Å². The van der Waals surface area contributed by atoms with Crippen molar-refractivity contribution in [2.75, 3.05) is 11.4 Å². The molecule has 0 saturated heterocycles. The molecule has 0 saturated carbocycles. The van der Waals surface area contributed by atoms with E-state index in [1.165, 1.54) is 6.92 Å². The molecule has 24 heavy (non-hydrogen) atoms. The van der Waals surface area contributed by atoms with Crippen molar-refractivity contribution in [2.45, 2.75) is 39.8 Å². The van der Waals surface area contributed by atoms with Crippen LogP contribution in [-0.2, 0) is 4.79 Å². The molecule has 1 aliphatic rings. The van der Waals surface area contributed by atoms with Crippen LogP contribution >= 0.6 is 0 Å². The lowest BCUT2D eigenvalue weighted by Crippen LogP contribution is -2.50. The minimum Gasteiger partial charge on any atom is -0.465 e. The van der Waals surface area contributed by atoms with Crippen molar-refractivity contribution in [3.63, 3.8) is 0 Å². The van der Waals surface area contributed by atoms with Gasteiger partial charge in [-0.2, -0.15) is 0 Å². The number of carbonyl (C=O) groups excluding carboxylic acids is 2. The lowest BCUT2D eigenvalue weighted by molar-refractivity contribution is -0.117. The Hall–Kier alpha value is -2.57. The molecule has 0 bridgehead atoms. The van der Waals surface area contributed by atoms with Gasteiger partial charge in [-0.3, -0.25) is 9.59 Å².